The first-order chi connectivity index (χ1) is 8.15. The number of hydrogen-bond acceptors (Lipinski definition) is 2. The molecule has 0 amide bonds. The minimum atomic E-state index is 0.0572. The molecule has 2 nitrogen and oxygen atoms in total. The van der Waals surface area contributed by atoms with E-state index in [1.807, 2.05) is 55.5 Å². The predicted octanol–water partition coefficient (Wildman–Crippen LogP) is 4.10. The second kappa shape index (κ2) is 5.51. The van der Waals surface area contributed by atoms with Crippen molar-refractivity contribution in [3.8, 4) is 11.5 Å². The van der Waals surface area contributed by atoms with E-state index in [-0.39, 0.29) is 6.04 Å². The monoisotopic (exact) mass is 339 g/mol. The van der Waals surface area contributed by atoms with Crippen LogP contribution < -0.4 is 10.5 Å². The molecule has 0 unspecified atom stereocenters. The van der Waals surface area contributed by atoms with Crippen molar-refractivity contribution in [2.45, 2.75) is 13.0 Å². The molecular weight excluding hydrogens is 325 g/mol. The Morgan fingerprint density at radius 1 is 1.06 bits per heavy atom. The summed E-state index contributed by atoms with van der Waals surface area (Å²) in [6.45, 7) is 1.97. The van der Waals surface area contributed by atoms with Gasteiger partial charge in [-0.15, -0.1) is 0 Å². The van der Waals surface area contributed by atoms with E-state index in [1.165, 1.54) is 0 Å². The van der Waals surface area contributed by atoms with Gasteiger partial charge in [0, 0.05) is 9.61 Å². The lowest BCUT2D eigenvalue weighted by molar-refractivity contribution is 0.482. The van der Waals surface area contributed by atoms with Gasteiger partial charge in [-0.1, -0.05) is 18.2 Å². The molecule has 0 saturated carbocycles. The number of rotatable bonds is 3. The zero-order valence-electron chi connectivity index (χ0n) is 9.56. The van der Waals surface area contributed by atoms with Crippen molar-refractivity contribution in [1.82, 2.24) is 0 Å². The van der Waals surface area contributed by atoms with Crippen molar-refractivity contribution in [3.05, 3.63) is 57.7 Å². The molecule has 0 aliphatic rings. The van der Waals surface area contributed by atoms with E-state index in [0.29, 0.717) is 0 Å². The molecule has 0 bridgehead atoms. The largest absolute Gasteiger partial charge is 0.457 e. The Labute approximate surface area is 115 Å². The zero-order valence-corrected chi connectivity index (χ0v) is 11.7. The summed E-state index contributed by atoms with van der Waals surface area (Å²) in [6, 6.07) is 15.9. The van der Waals surface area contributed by atoms with Crippen LogP contribution in [0, 0.1) is 3.57 Å². The highest BCUT2D eigenvalue weighted by molar-refractivity contribution is 14.1. The summed E-state index contributed by atoms with van der Waals surface area (Å²) in [5.74, 6) is 1.68. The maximum atomic E-state index is 5.79. The van der Waals surface area contributed by atoms with Gasteiger partial charge in [-0.25, -0.2) is 0 Å². The fourth-order valence-corrected chi connectivity index (χ4v) is 2.02. The Kier molecular flexibility index (Phi) is 4.02. The van der Waals surface area contributed by atoms with Gasteiger partial charge in [0.05, 0.1) is 0 Å². The molecule has 0 spiro atoms. The van der Waals surface area contributed by atoms with Crippen LogP contribution in [0.2, 0.25) is 0 Å². The molecule has 0 aliphatic heterocycles. The Hall–Kier alpha value is -1.07. The van der Waals surface area contributed by atoms with Crippen LogP contribution >= 0.6 is 22.6 Å². The van der Waals surface area contributed by atoms with Gasteiger partial charge in [0.1, 0.15) is 11.5 Å². The van der Waals surface area contributed by atoms with Crippen LogP contribution in [0.1, 0.15) is 18.5 Å². The van der Waals surface area contributed by atoms with Crippen LogP contribution in [0.15, 0.2) is 48.5 Å². The molecule has 0 aromatic heterocycles. The summed E-state index contributed by atoms with van der Waals surface area (Å²) in [5.41, 5.74) is 6.91. The Morgan fingerprint density at radius 3 is 2.35 bits per heavy atom. The van der Waals surface area contributed by atoms with Gasteiger partial charge < -0.3 is 10.5 Å². The zero-order chi connectivity index (χ0) is 12.3. The van der Waals surface area contributed by atoms with Gasteiger partial charge in [-0.3, -0.25) is 0 Å². The summed E-state index contributed by atoms with van der Waals surface area (Å²) in [7, 11) is 0. The molecule has 2 aromatic carbocycles. The van der Waals surface area contributed by atoms with Gasteiger partial charge >= 0.3 is 0 Å². The van der Waals surface area contributed by atoms with Crippen LogP contribution in [0.4, 0.5) is 0 Å². The average Bonchev–Trinajstić information content (AvgIpc) is 2.29. The van der Waals surface area contributed by atoms with E-state index in [9.17, 15) is 0 Å². The molecule has 17 heavy (non-hydrogen) atoms. The van der Waals surface area contributed by atoms with E-state index in [4.69, 9.17) is 10.5 Å². The Balaban J connectivity index is 2.14. The molecule has 1 atom stereocenters. The average molecular weight is 339 g/mol. The maximum absolute atomic E-state index is 5.79. The predicted molar refractivity (Wildman–Crippen MR) is 78.3 cm³/mol. The molecule has 2 rings (SSSR count). The van der Waals surface area contributed by atoms with Gasteiger partial charge in [0.25, 0.3) is 0 Å². The highest BCUT2D eigenvalue weighted by Gasteiger charge is 2.01. The van der Waals surface area contributed by atoms with E-state index in [0.717, 1.165) is 20.6 Å². The summed E-state index contributed by atoms with van der Waals surface area (Å²) in [5, 5.41) is 0. The normalized spacial score (nSPS) is 12.2. The highest BCUT2D eigenvalue weighted by atomic mass is 127. The summed E-state index contributed by atoms with van der Waals surface area (Å²) >= 11 is 2.27. The van der Waals surface area contributed by atoms with Crippen molar-refractivity contribution in [2.75, 3.05) is 0 Å². The van der Waals surface area contributed by atoms with Crippen LogP contribution in [0.3, 0.4) is 0 Å². The molecule has 2 aromatic rings. The number of nitrogens with two attached hydrogens (primary N) is 1. The Bertz CT molecular complexity index is 494. The number of halogens is 1. The lowest BCUT2D eigenvalue weighted by Crippen LogP contribution is -2.04. The molecule has 3 heteroatoms. The summed E-state index contributed by atoms with van der Waals surface area (Å²) in [4.78, 5) is 0. The van der Waals surface area contributed by atoms with E-state index >= 15 is 0 Å². The fraction of sp³-hybridized carbons (Fsp3) is 0.143. The number of benzene rings is 2. The first kappa shape index (κ1) is 12.4. The standard InChI is InChI=1S/C14H14INO/c1-10(16)11-5-7-13(8-6-11)17-14-4-2-3-12(15)9-14/h2-10H,16H2,1H3/t10-/m0/s1. The van der Waals surface area contributed by atoms with Crippen molar-refractivity contribution in [1.29, 1.82) is 0 Å². The second-order valence-corrected chi connectivity index (χ2v) is 5.16. The maximum Gasteiger partial charge on any atom is 0.128 e. The molecule has 0 heterocycles. The van der Waals surface area contributed by atoms with Gasteiger partial charge in [0.2, 0.25) is 0 Å². The number of ether oxygens (including phenoxy) is 1. The first-order valence-corrected chi connectivity index (χ1v) is 6.52. The highest BCUT2D eigenvalue weighted by Crippen LogP contribution is 2.24. The lowest BCUT2D eigenvalue weighted by atomic mass is 10.1. The van der Waals surface area contributed by atoms with Gasteiger partial charge in [-0.05, 0) is 65.4 Å². The lowest BCUT2D eigenvalue weighted by Gasteiger charge is -2.08. The van der Waals surface area contributed by atoms with Crippen molar-refractivity contribution >= 4 is 22.6 Å². The van der Waals surface area contributed by atoms with Crippen molar-refractivity contribution < 1.29 is 4.74 Å². The smallest absolute Gasteiger partial charge is 0.128 e. The van der Waals surface area contributed by atoms with E-state index in [2.05, 4.69) is 22.6 Å². The number of hydrogen-bond donors (Lipinski definition) is 1. The molecule has 0 radical (unpaired) electrons. The van der Waals surface area contributed by atoms with Crippen LogP contribution in [0.5, 0.6) is 11.5 Å². The third-order valence-electron chi connectivity index (χ3n) is 2.44. The van der Waals surface area contributed by atoms with Gasteiger partial charge in [0.15, 0.2) is 0 Å². The minimum Gasteiger partial charge on any atom is -0.457 e. The fourth-order valence-electron chi connectivity index (χ4n) is 1.51. The van der Waals surface area contributed by atoms with E-state index in [1.54, 1.807) is 0 Å². The van der Waals surface area contributed by atoms with Crippen LogP contribution in [-0.4, -0.2) is 0 Å². The SMILES string of the molecule is C[C@H](N)c1ccc(Oc2cccc(I)c2)cc1. The molecule has 88 valence electrons. The molecule has 0 fully saturated rings. The third-order valence-corrected chi connectivity index (χ3v) is 3.11. The van der Waals surface area contributed by atoms with Crippen molar-refractivity contribution in [3.63, 3.8) is 0 Å². The van der Waals surface area contributed by atoms with Crippen molar-refractivity contribution in [2.24, 2.45) is 5.73 Å². The third kappa shape index (κ3) is 3.44. The Morgan fingerprint density at radius 2 is 1.76 bits per heavy atom. The quantitative estimate of drug-likeness (QED) is 0.855. The van der Waals surface area contributed by atoms with Gasteiger partial charge in [-0.2, -0.15) is 0 Å². The second-order valence-electron chi connectivity index (χ2n) is 3.92. The molecule has 0 saturated heterocycles. The molecule has 0 aliphatic carbocycles. The summed E-state index contributed by atoms with van der Waals surface area (Å²) < 4.78 is 6.91. The van der Waals surface area contributed by atoms with Crippen LogP contribution in [-0.2, 0) is 0 Å². The molecule has 2 N–H and O–H groups in total. The molecular formula is C14H14INO. The van der Waals surface area contributed by atoms with E-state index < -0.39 is 0 Å². The minimum absolute atomic E-state index is 0.0572. The van der Waals surface area contributed by atoms with Crippen LogP contribution in [0.25, 0.3) is 0 Å². The topological polar surface area (TPSA) is 35.2 Å². The summed E-state index contributed by atoms with van der Waals surface area (Å²) in [6.07, 6.45) is 0. The first-order valence-electron chi connectivity index (χ1n) is 5.44.